The molecule has 0 amide bonds. The van der Waals surface area contributed by atoms with Crippen LogP contribution in [-0.4, -0.2) is 55.2 Å². The van der Waals surface area contributed by atoms with Gasteiger partial charge in [0.05, 0.1) is 6.61 Å². The Bertz CT molecular complexity index is 880. The van der Waals surface area contributed by atoms with E-state index in [2.05, 4.69) is 60.4 Å². The SMILES string of the molecule is CC(C)[Si]1(C(C)C)O[C@@H]2[C@H](O[Si]1(C(C)C)C(C)C)[C@@H](CO)O[C@H]2n1ccc(=O)[nH]c1=O. The Hall–Kier alpha value is -1.05. The number of ether oxygens (including phenoxy) is 1. The summed E-state index contributed by atoms with van der Waals surface area (Å²) in [5.41, 5.74) is 0.270. The Balaban J connectivity index is 2.20. The summed E-state index contributed by atoms with van der Waals surface area (Å²) >= 11 is 0. The summed E-state index contributed by atoms with van der Waals surface area (Å²) in [7, 11) is -4.97. The number of nitrogens with one attached hydrogen (secondary N) is 1. The highest BCUT2D eigenvalue weighted by Crippen LogP contribution is 2.57. The number of hydrogen-bond acceptors (Lipinski definition) is 6. The average molecular weight is 471 g/mol. The fraction of sp³-hybridized carbons (Fsp3) is 0.810. The molecular formula is C21H38N2O6Si2. The van der Waals surface area contributed by atoms with E-state index in [1.165, 1.54) is 16.8 Å². The predicted octanol–water partition coefficient (Wildman–Crippen LogP) is 2.82. The molecule has 10 heteroatoms. The van der Waals surface area contributed by atoms with Gasteiger partial charge in [-0.3, -0.25) is 14.3 Å². The molecule has 0 radical (unpaired) electrons. The summed E-state index contributed by atoms with van der Waals surface area (Å²) in [6.07, 6.45) is -0.894. The van der Waals surface area contributed by atoms with Crippen LogP contribution in [0.3, 0.4) is 0 Å². The number of nitrogens with zero attached hydrogens (tertiary/aromatic N) is 1. The third-order valence-corrected chi connectivity index (χ3v) is 28.0. The molecule has 0 unspecified atom stereocenters. The minimum absolute atomic E-state index is 0.224. The van der Waals surface area contributed by atoms with E-state index in [1.54, 1.807) is 0 Å². The number of hydrogen-bond donors (Lipinski definition) is 2. The molecule has 0 aliphatic carbocycles. The van der Waals surface area contributed by atoms with Gasteiger partial charge in [0.2, 0.25) is 15.7 Å². The van der Waals surface area contributed by atoms with Gasteiger partial charge in [-0.05, 0) is 22.2 Å². The second-order valence-electron chi connectivity index (χ2n) is 10.1. The second-order valence-corrected chi connectivity index (χ2v) is 23.1. The third-order valence-electron chi connectivity index (χ3n) is 7.29. The number of rotatable bonds is 6. The van der Waals surface area contributed by atoms with Crippen molar-refractivity contribution in [3.05, 3.63) is 33.1 Å². The monoisotopic (exact) mass is 470 g/mol. The first-order valence-corrected chi connectivity index (χ1v) is 16.5. The van der Waals surface area contributed by atoms with Crippen molar-refractivity contribution in [1.29, 1.82) is 0 Å². The van der Waals surface area contributed by atoms with Gasteiger partial charge in [0.25, 0.3) is 5.56 Å². The van der Waals surface area contributed by atoms with Crippen molar-refractivity contribution in [2.75, 3.05) is 6.61 Å². The Morgan fingerprint density at radius 3 is 1.84 bits per heavy atom. The van der Waals surface area contributed by atoms with Crippen molar-refractivity contribution in [2.24, 2.45) is 0 Å². The van der Waals surface area contributed by atoms with Gasteiger partial charge in [0, 0.05) is 12.3 Å². The van der Waals surface area contributed by atoms with Gasteiger partial charge in [0.15, 0.2) is 6.23 Å². The Kier molecular flexibility index (Phi) is 6.91. The van der Waals surface area contributed by atoms with Crippen molar-refractivity contribution >= 4 is 15.7 Å². The van der Waals surface area contributed by atoms with E-state index in [1.807, 2.05) is 0 Å². The minimum Gasteiger partial charge on any atom is -0.408 e. The zero-order chi connectivity index (χ0) is 23.3. The third kappa shape index (κ3) is 3.55. The van der Waals surface area contributed by atoms with Crippen LogP contribution in [0.4, 0.5) is 0 Å². The van der Waals surface area contributed by atoms with E-state index in [4.69, 9.17) is 13.6 Å². The number of fused-ring (bicyclic) bond motifs is 1. The number of aromatic amines is 1. The molecule has 0 spiro atoms. The fourth-order valence-corrected chi connectivity index (χ4v) is 28.2. The lowest BCUT2D eigenvalue weighted by molar-refractivity contribution is -0.0508. The maximum Gasteiger partial charge on any atom is 0.330 e. The molecule has 0 aromatic carbocycles. The molecule has 31 heavy (non-hydrogen) atoms. The molecule has 1 aromatic rings. The lowest BCUT2D eigenvalue weighted by Gasteiger charge is -2.61. The standard InChI is InChI=1S/C21H38N2O6Si2/c1-12(2)30(13(3)4)28-18-16(11-24)27-20(23-10-9-17(25)22-21(23)26)19(18)29-31(30,14(5)6)15(7)8/h9-10,12-16,18-20,24H,11H2,1-8H3,(H,22,25,26)/t16-,18-,19-,20-/m1/s1. The van der Waals surface area contributed by atoms with Crippen molar-refractivity contribution < 1.29 is 18.7 Å². The van der Waals surface area contributed by atoms with Crippen LogP contribution in [0.5, 0.6) is 0 Å². The van der Waals surface area contributed by atoms with Gasteiger partial charge in [-0.1, -0.05) is 55.4 Å². The molecule has 4 atom stereocenters. The van der Waals surface area contributed by atoms with E-state index in [0.717, 1.165) is 0 Å². The van der Waals surface area contributed by atoms with E-state index in [9.17, 15) is 14.7 Å². The van der Waals surface area contributed by atoms with Gasteiger partial charge < -0.3 is 18.7 Å². The predicted molar refractivity (Wildman–Crippen MR) is 124 cm³/mol. The minimum atomic E-state index is -2.51. The van der Waals surface area contributed by atoms with E-state index < -0.39 is 51.5 Å². The van der Waals surface area contributed by atoms with Gasteiger partial charge >= 0.3 is 5.69 Å². The summed E-state index contributed by atoms with van der Waals surface area (Å²) in [4.78, 5) is 26.4. The maximum atomic E-state index is 12.6. The van der Waals surface area contributed by atoms with Crippen molar-refractivity contribution in [3.63, 3.8) is 0 Å². The van der Waals surface area contributed by atoms with E-state index in [0.29, 0.717) is 22.2 Å². The summed E-state index contributed by atoms with van der Waals surface area (Å²) in [6, 6.07) is 1.30. The highest BCUT2D eigenvalue weighted by atomic mass is 29.3. The van der Waals surface area contributed by atoms with E-state index >= 15 is 0 Å². The van der Waals surface area contributed by atoms with E-state index in [-0.39, 0.29) is 6.61 Å². The zero-order valence-electron chi connectivity index (χ0n) is 19.9. The Morgan fingerprint density at radius 1 is 0.935 bits per heavy atom. The molecular weight excluding hydrogens is 432 g/mol. The van der Waals surface area contributed by atoms with Crippen LogP contribution >= 0.6 is 0 Å². The van der Waals surface area contributed by atoms with Crippen LogP contribution in [0.2, 0.25) is 22.2 Å². The van der Waals surface area contributed by atoms with Crippen molar-refractivity contribution in [1.82, 2.24) is 9.55 Å². The number of aromatic nitrogens is 2. The smallest absolute Gasteiger partial charge is 0.330 e. The number of aliphatic hydroxyl groups is 1. The van der Waals surface area contributed by atoms with Crippen LogP contribution in [-0.2, 0) is 13.6 Å². The normalized spacial score (nSPS) is 29.8. The molecule has 8 nitrogen and oxygen atoms in total. The van der Waals surface area contributed by atoms with Gasteiger partial charge in [-0.25, -0.2) is 4.79 Å². The summed E-state index contributed by atoms with van der Waals surface area (Å²) in [5.74, 6) is 0. The molecule has 2 saturated heterocycles. The summed E-state index contributed by atoms with van der Waals surface area (Å²) < 4.78 is 21.9. The first-order chi connectivity index (χ1) is 14.4. The second kappa shape index (κ2) is 8.71. The topological polar surface area (TPSA) is 103 Å². The molecule has 2 N–H and O–H groups in total. The van der Waals surface area contributed by atoms with Crippen LogP contribution in [0.25, 0.3) is 0 Å². The Morgan fingerprint density at radius 2 is 1.42 bits per heavy atom. The van der Waals surface area contributed by atoms with Crippen molar-refractivity contribution in [2.45, 2.75) is 102 Å². The van der Waals surface area contributed by atoms with Crippen LogP contribution in [0.1, 0.15) is 61.6 Å². The maximum absolute atomic E-state index is 12.6. The first kappa shape index (κ1) is 24.6. The zero-order valence-corrected chi connectivity index (χ0v) is 21.9. The Labute approximate surface area is 186 Å². The molecule has 3 rings (SSSR count). The molecule has 2 fully saturated rings. The van der Waals surface area contributed by atoms with Crippen molar-refractivity contribution in [3.8, 4) is 0 Å². The highest BCUT2D eigenvalue weighted by Gasteiger charge is 2.72. The lowest BCUT2D eigenvalue weighted by atomic mass is 10.1. The van der Waals surface area contributed by atoms with Crippen LogP contribution < -0.4 is 11.2 Å². The van der Waals surface area contributed by atoms with Crippen LogP contribution in [0, 0.1) is 0 Å². The number of H-pyrrole nitrogens is 1. The summed E-state index contributed by atoms with van der Waals surface area (Å²) in [5, 5.41) is 10.1. The molecule has 176 valence electrons. The molecule has 3 heterocycles. The number of aliphatic hydroxyl groups excluding tert-OH is 1. The fourth-order valence-electron chi connectivity index (χ4n) is 6.29. The highest BCUT2D eigenvalue weighted by molar-refractivity contribution is 7.39. The first-order valence-electron chi connectivity index (χ1n) is 11.4. The quantitative estimate of drug-likeness (QED) is 0.620. The molecule has 0 bridgehead atoms. The van der Waals surface area contributed by atoms with Gasteiger partial charge in [-0.15, -0.1) is 0 Å². The molecule has 2 aliphatic rings. The van der Waals surface area contributed by atoms with Gasteiger partial charge in [-0.2, -0.15) is 0 Å². The van der Waals surface area contributed by atoms with Crippen LogP contribution in [0.15, 0.2) is 21.9 Å². The molecule has 2 aliphatic heterocycles. The summed E-state index contributed by atoms with van der Waals surface area (Å²) in [6.45, 7) is 17.7. The lowest BCUT2D eigenvalue weighted by Crippen LogP contribution is -2.79. The molecule has 0 saturated carbocycles. The molecule has 1 aromatic heterocycles. The largest absolute Gasteiger partial charge is 0.408 e. The average Bonchev–Trinajstić information content (AvgIpc) is 3.02. The van der Waals surface area contributed by atoms with Gasteiger partial charge in [0.1, 0.15) is 18.3 Å².